The maximum atomic E-state index is 12.8. The highest BCUT2D eigenvalue weighted by Gasteiger charge is 2.22. The van der Waals surface area contributed by atoms with Crippen molar-refractivity contribution in [3.8, 4) is 11.5 Å². The van der Waals surface area contributed by atoms with Crippen molar-refractivity contribution < 1.29 is 17.9 Å². The number of para-hydroxylation sites is 3. The summed E-state index contributed by atoms with van der Waals surface area (Å²) in [5, 5.41) is 4.57. The van der Waals surface area contributed by atoms with Crippen LogP contribution in [0.15, 0.2) is 101 Å². The molecule has 1 heterocycles. The van der Waals surface area contributed by atoms with Gasteiger partial charge in [-0.25, -0.2) is 8.42 Å². The number of carbonyl (C=O) groups is 1. The van der Waals surface area contributed by atoms with Gasteiger partial charge in [0, 0.05) is 12.6 Å². The molecule has 0 aliphatic carbocycles. The molecule has 0 fully saturated rings. The molecule has 0 aliphatic heterocycles. The van der Waals surface area contributed by atoms with E-state index < -0.39 is 10.0 Å². The quantitative estimate of drug-likeness (QED) is 0.385. The van der Waals surface area contributed by atoms with Crippen LogP contribution in [0.4, 0.5) is 11.4 Å². The first-order chi connectivity index (χ1) is 15.4. The number of hydrogen-bond acceptors (Lipinski definition) is 5. The van der Waals surface area contributed by atoms with E-state index in [1.807, 2.05) is 36.4 Å². The summed E-state index contributed by atoms with van der Waals surface area (Å²) in [6, 6.07) is 26.1. The summed E-state index contributed by atoms with van der Waals surface area (Å²) in [7, 11) is -2.14. The Morgan fingerprint density at radius 3 is 2.25 bits per heavy atom. The van der Waals surface area contributed by atoms with E-state index in [-0.39, 0.29) is 10.1 Å². The third-order valence-corrected chi connectivity index (χ3v) is 7.87. The topological polar surface area (TPSA) is 75.7 Å². The summed E-state index contributed by atoms with van der Waals surface area (Å²) >= 11 is 1.16. The van der Waals surface area contributed by atoms with Crippen molar-refractivity contribution in [2.75, 3.05) is 16.7 Å². The summed E-state index contributed by atoms with van der Waals surface area (Å²) in [5.41, 5.74) is 1.38. The van der Waals surface area contributed by atoms with Crippen molar-refractivity contribution in [3.05, 3.63) is 102 Å². The molecular formula is C24H20N2O4S2. The monoisotopic (exact) mass is 464 g/mol. The third kappa shape index (κ3) is 4.66. The minimum Gasteiger partial charge on any atom is -0.455 e. The van der Waals surface area contributed by atoms with Gasteiger partial charge in [-0.05, 0) is 60.0 Å². The Balaban J connectivity index is 1.50. The number of ether oxygens (including phenoxy) is 1. The molecular weight excluding hydrogens is 444 g/mol. The van der Waals surface area contributed by atoms with Gasteiger partial charge in [0.2, 0.25) is 0 Å². The second kappa shape index (κ2) is 9.25. The van der Waals surface area contributed by atoms with Crippen LogP contribution in [0.3, 0.4) is 0 Å². The van der Waals surface area contributed by atoms with E-state index in [0.717, 1.165) is 11.3 Å². The van der Waals surface area contributed by atoms with Crippen LogP contribution in [0.25, 0.3) is 0 Å². The van der Waals surface area contributed by atoms with Crippen molar-refractivity contribution in [1.82, 2.24) is 0 Å². The summed E-state index contributed by atoms with van der Waals surface area (Å²) in [6.45, 7) is 0. The minimum atomic E-state index is -3.63. The SMILES string of the molecule is CN(c1ccc(C(=O)Nc2ccccc2Oc2ccccc2)cc1)S(=O)(=O)c1cccs1. The number of anilines is 2. The molecule has 1 aromatic heterocycles. The number of carbonyl (C=O) groups excluding carboxylic acids is 1. The first-order valence-corrected chi connectivity index (χ1v) is 12.0. The van der Waals surface area contributed by atoms with Crippen LogP contribution in [-0.2, 0) is 10.0 Å². The number of benzene rings is 3. The molecule has 0 spiro atoms. The van der Waals surface area contributed by atoms with E-state index in [0.29, 0.717) is 28.4 Å². The number of rotatable bonds is 7. The molecule has 1 N–H and O–H groups in total. The summed E-state index contributed by atoms with van der Waals surface area (Å²) < 4.78 is 32.7. The van der Waals surface area contributed by atoms with E-state index in [2.05, 4.69) is 5.32 Å². The van der Waals surface area contributed by atoms with Crippen LogP contribution < -0.4 is 14.4 Å². The van der Waals surface area contributed by atoms with Gasteiger partial charge in [-0.1, -0.05) is 36.4 Å². The molecule has 0 aliphatic rings. The number of amides is 1. The second-order valence-electron chi connectivity index (χ2n) is 6.82. The Morgan fingerprint density at radius 1 is 0.875 bits per heavy atom. The van der Waals surface area contributed by atoms with Crippen molar-refractivity contribution in [1.29, 1.82) is 0 Å². The molecule has 32 heavy (non-hydrogen) atoms. The van der Waals surface area contributed by atoms with Crippen molar-refractivity contribution in [2.24, 2.45) is 0 Å². The van der Waals surface area contributed by atoms with E-state index in [1.54, 1.807) is 60.0 Å². The Kier molecular flexibility index (Phi) is 6.25. The minimum absolute atomic E-state index is 0.261. The lowest BCUT2D eigenvalue weighted by molar-refractivity contribution is 0.102. The number of nitrogens with zero attached hydrogens (tertiary/aromatic N) is 1. The fourth-order valence-electron chi connectivity index (χ4n) is 2.98. The molecule has 162 valence electrons. The molecule has 6 nitrogen and oxygen atoms in total. The lowest BCUT2D eigenvalue weighted by Gasteiger charge is -2.18. The lowest BCUT2D eigenvalue weighted by Crippen LogP contribution is -2.25. The fraction of sp³-hybridized carbons (Fsp3) is 0.0417. The molecule has 8 heteroatoms. The molecule has 4 aromatic rings. The Labute approximate surface area is 190 Å². The van der Waals surface area contributed by atoms with Gasteiger partial charge in [-0.15, -0.1) is 11.3 Å². The van der Waals surface area contributed by atoms with E-state index in [1.165, 1.54) is 11.4 Å². The zero-order chi connectivity index (χ0) is 22.6. The molecule has 4 rings (SSSR count). The first-order valence-electron chi connectivity index (χ1n) is 9.71. The highest BCUT2D eigenvalue weighted by molar-refractivity contribution is 7.94. The average molecular weight is 465 g/mol. The maximum Gasteiger partial charge on any atom is 0.273 e. The van der Waals surface area contributed by atoms with Crippen LogP contribution in [0.2, 0.25) is 0 Å². The highest BCUT2D eigenvalue weighted by atomic mass is 32.2. The number of sulfonamides is 1. The van der Waals surface area contributed by atoms with Gasteiger partial charge >= 0.3 is 0 Å². The zero-order valence-corrected chi connectivity index (χ0v) is 18.8. The molecule has 1 amide bonds. The summed E-state index contributed by atoms with van der Waals surface area (Å²) in [4.78, 5) is 12.8. The number of thiophene rings is 1. The normalized spacial score (nSPS) is 11.0. The molecule has 0 radical (unpaired) electrons. The van der Waals surface area contributed by atoms with E-state index in [9.17, 15) is 13.2 Å². The van der Waals surface area contributed by atoms with E-state index >= 15 is 0 Å². The highest BCUT2D eigenvalue weighted by Crippen LogP contribution is 2.30. The smallest absolute Gasteiger partial charge is 0.273 e. The molecule has 0 atom stereocenters. The van der Waals surface area contributed by atoms with Crippen LogP contribution >= 0.6 is 11.3 Å². The third-order valence-electron chi connectivity index (χ3n) is 4.71. The largest absolute Gasteiger partial charge is 0.455 e. The molecule has 3 aromatic carbocycles. The second-order valence-corrected chi connectivity index (χ2v) is 9.96. The number of nitrogens with one attached hydrogen (secondary N) is 1. The standard InChI is InChI=1S/C24H20N2O4S2/c1-26(32(28,29)23-12-7-17-31-23)19-15-13-18(14-16-19)24(27)25-21-10-5-6-11-22(21)30-20-8-3-2-4-9-20/h2-17H,1H3,(H,25,27). The van der Waals surface area contributed by atoms with Gasteiger partial charge < -0.3 is 10.1 Å². The van der Waals surface area contributed by atoms with Crippen molar-refractivity contribution >= 4 is 38.6 Å². The fourth-order valence-corrected chi connectivity index (χ4v) is 5.33. The first kappa shape index (κ1) is 21.6. The molecule has 0 saturated heterocycles. The average Bonchev–Trinajstić information content (AvgIpc) is 3.37. The van der Waals surface area contributed by atoms with Crippen LogP contribution in [-0.4, -0.2) is 21.4 Å². The van der Waals surface area contributed by atoms with Gasteiger partial charge in [-0.2, -0.15) is 0 Å². The summed E-state index contributed by atoms with van der Waals surface area (Å²) in [5.74, 6) is 0.850. The molecule has 0 saturated carbocycles. The predicted octanol–water partition coefficient (Wildman–Crippen LogP) is 5.62. The van der Waals surface area contributed by atoms with Crippen LogP contribution in [0.1, 0.15) is 10.4 Å². The van der Waals surface area contributed by atoms with Crippen LogP contribution in [0.5, 0.6) is 11.5 Å². The molecule has 0 unspecified atom stereocenters. The van der Waals surface area contributed by atoms with Gasteiger partial charge in [0.15, 0.2) is 5.75 Å². The van der Waals surface area contributed by atoms with Crippen LogP contribution in [0, 0.1) is 0 Å². The van der Waals surface area contributed by atoms with Gasteiger partial charge in [0.25, 0.3) is 15.9 Å². The van der Waals surface area contributed by atoms with Crippen molar-refractivity contribution in [2.45, 2.75) is 4.21 Å². The Bertz CT molecular complexity index is 1300. The van der Waals surface area contributed by atoms with Gasteiger partial charge in [0.1, 0.15) is 9.96 Å². The predicted molar refractivity (Wildman–Crippen MR) is 127 cm³/mol. The summed E-state index contributed by atoms with van der Waals surface area (Å²) in [6.07, 6.45) is 0. The van der Waals surface area contributed by atoms with E-state index in [4.69, 9.17) is 4.74 Å². The Hall–Kier alpha value is -3.62. The zero-order valence-electron chi connectivity index (χ0n) is 17.1. The molecule has 0 bridgehead atoms. The van der Waals surface area contributed by atoms with Crippen molar-refractivity contribution in [3.63, 3.8) is 0 Å². The lowest BCUT2D eigenvalue weighted by atomic mass is 10.2. The maximum absolute atomic E-state index is 12.8. The number of hydrogen-bond donors (Lipinski definition) is 1. The van der Waals surface area contributed by atoms with Gasteiger partial charge in [-0.3, -0.25) is 9.10 Å². The Morgan fingerprint density at radius 2 is 1.56 bits per heavy atom. The van der Waals surface area contributed by atoms with Gasteiger partial charge in [0.05, 0.1) is 11.4 Å².